The molecule has 0 aliphatic heterocycles. The predicted octanol–water partition coefficient (Wildman–Crippen LogP) is 4.57. The fourth-order valence-electron chi connectivity index (χ4n) is 2.25. The van der Waals surface area contributed by atoms with E-state index in [1.165, 1.54) is 4.90 Å². The summed E-state index contributed by atoms with van der Waals surface area (Å²) in [7, 11) is 0. The van der Waals surface area contributed by atoms with Gasteiger partial charge in [0, 0.05) is 12.6 Å². The largest absolute Gasteiger partial charge is 0.444 e. The molecule has 1 amide bonds. The molecule has 2 unspecified atom stereocenters. The number of rotatable bonds is 8. The SMILES string of the molecule is CCCN(C(=O)OC(C)(C)C)C(CC)CCC(C=O)C(F)(F)F. The molecule has 2 atom stereocenters. The molecule has 7 heteroatoms. The van der Waals surface area contributed by atoms with Gasteiger partial charge in [-0.05, 0) is 46.5 Å². The standard InChI is InChI=1S/C16H28F3NO3/c1-6-10-20(14(22)23-15(3,4)5)13(7-2)9-8-12(11-21)16(17,18)19/h11-13H,6-10H2,1-5H3. The molecule has 0 aromatic carbocycles. The number of amides is 1. The van der Waals surface area contributed by atoms with Gasteiger partial charge in [0.05, 0.1) is 0 Å². The van der Waals surface area contributed by atoms with Crippen molar-refractivity contribution in [3.05, 3.63) is 0 Å². The second-order valence-corrected chi connectivity index (χ2v) is 6.60. The zero-order valence-electron chi connectivity index (χ0n) is 14.6. The van der Waals surface area contributed by atoms with E-state index in [9.17, 15) is 22.8 Å². The number of aldehydes is 1. The van der Waals surface area contributed by atoms with E-state index in [4.69, 9.17) is 4.74 Å². The molecule has 0 saturated carbocycles. The smallest absolute Gasteiger partial charge is 0.410 e. The zero-order valence-corrected chi connectivity index (χ0v) is 14.6. The van der Waals surface area contributed by atoms with Crippen LogP contribution >= 0.6 is 0 Å². The van der Waals surface area contributed by atoms with Crippen molar-refractivity contribution < 1.29 is 27.5 Å². The molecule has 0 bridgehead atoms. The van der Waals surface area contributed by atoms with Crippen molar-refractivity contribution in [2.75, 3.05) is 6.54 Å². The number of alkyl halides is 3. The first kappa shape index (κ1) is 21.7. The summed E-state index contributed by atoms with van der Waals surface area (Å²) in [5.74, 6) is -1.99. The third-order valence-electron chi connectivity index (χ3n) is 3.40. The van der Waals surface area contributed by atoms with Crippen LogP contribution in [0.3, 0.4) is 0 Å². The number of carbonyl (C=O) groups excluding carboxylic acids is 2. The maximum atomic E-state index is 12.7. The molecule has 136 valence electrons. The Morgan fingerprint density at radius 1 is 1.17 bits per heavy atom. The van der Waals surface area contributed by atoms with E-state index in [0.29, 0.717) is 19.4 Å². The third-order valence-corrected chi connectivity index (χ3v) is 3.40. The second-order valence-electron chi connectivity index (χ2n) is 6.60. The predicted molar refractivity (Wildman–Crippen MR) is 82.2 cm³/mol. The Morgan fingerprint density at radius 2 is 1.74 bits per heavy atom. The number of hydrogen-bond donors (Lipinski definition) is 0. The Kier molecular flexibility index (Phi) is 8.63. The molecular formula is C16H28F3NO3. The molecule has 0 saturated heterocycles. The maximum absolute atomic E-state index is 12.7. The van der Waals surface area contributed by atoms with Gasteiger partial charge in [0.25, 0.3) is 0 Å². The third kappa shape index (κ3) is 8.23. The number of ether oxygens (including phenoxy) is 1. The minimum Gasteiger partial charge on any atom is -0.444 e. The van der Waals surface area contributed by atoms with Gasteiger partial charge in [-0.1, -0.05) is 13.8 Å². The molecule has 0 aromatic heterocycles. The normalized spacial score (nSPS) is 15.0. The van der Waals surface area contributed by atoms with Crippen LogP contribution in [0.4, 0.5) is 18.0 Å². The van der Waals surface area contributed by atoms with Crippen LogP contribution in [0.5, 0.6) is 0 Å². The molecule has 0 spiro atoms. The average Bonchev–Trinajstić information content (AvgIpc) is 2.38. The minimum atomic E-state index is -4.54. The van der Waals surface area contributed by atoms with E-state index in [1.807, 2.05) is 6.92 Å². The van der Waals surface area contributed by atoms with Crippen LogP contribution < -0.4 is 0 Å². The maximum Gasteiger partial charge on any atom is 0.410 e. The summed E-state index contributed by atoms with van der Waals surface area (Å²) < 4.78 is 43.3. The molecule has 0 aliphatic carbocycles. The Labute approximate surface area is 136 Å². The number of nitrogens with zero attached hydrogens (tertiary/aromatic N) is 1. The van der Waals surface area contributed by atoms with Crippen LogP contribution in [0.25, 0.3) is 0 Å². The summed E-state index contributed by atoms with van der Waals surface area (Å²) in [5, 5.41) is 0. The molecule has 0 N–H and O–H groups in total. The van der Waals surface area contributed by atoms with E-state index >= 15 is 0 Å². The van der Waals surface area contributed by atoms with Crippen molar-refractivity contribution in [3.8, 4) is 0 Å². The van der Waals surface area contributed by atoms with Crippen molar-refractivity contribution in [2.45, 2.75) is 78.1 Å². The number of carbonyl (C=O) groups is 2. The number of halogens is 3. The zero-order chi connectivity index (χ0) is 18.3. The van der Waals surface area contributed by atoms with Crippen LogP contribution in [0.15, 0.2) is 0 Å². The van der Waals surface area contributed by atoms with Crippen LogP contribution in [-0.2, 0) is 9.53 Å². The first-order valence-electron chi connectivity index (χ1n) is 7.97. The average molecular weight is 339 g/mol. The summed E-state index contributed by atoms with van der Waals surface area (Å²) >= 11 is 0. The Bertz CT molecular complexity index is 378. The van der Waals surface area contributed by atoms with Crippen molar-refractivity contribution in [2.24, 2.45) is 5.92 Å². The first-order chi connectivity index (χ1) is 10.5. The monoisotopic (exact) mass is 339 g/mol. The van der Waals surface area contributed by atoms with Gasteiger partial charge in [-0.2, -0.15) is 13.2 Å². The highest BCUT2D eigenvalue weighted by Crippen LogP contribution is 2.30. The van der Waals surface area contributed by atoms with E-state index in [1.54, 1.807) is 27.7 Å². The lowest BCUT2D eigenvalue weighted by atomic mass is 9.98. The summed E-state index contributed by atoms with van der Waals surface area (Å²) in [5.41, 5.74) is -0.668. The van der Waals surface area contributed by atoms with Crippen LogP contribution in [-0.4, -0.2) is 41.6 Å². The van der Waals surface area contributed by atoms with E-state index in [0.717, 1.165) is 0 Å². The van der Waals surface area contributed by atoms with Gasteiger partial charge >= 0.3 is 12.3 Å². The van der Waals surface area contributed by atoms with E-state index < -0.39 is 23.8 Å². The van der Waals surface area contributed by atoms with Crippen LogP contribution in [0, 0.1) is 5.92 Å². The van der Waals surface area contributed by atoms with Crippen molar-refractivity contribution >= 4 is 12.4 Å². The van der Waals surface area contributed by atoms with Crippen LogP contribution in [0.1, 0.15) is 60.3 Å². The summed E-state index contributed by atoms with van der Waals surface area (Å²) in [6.45, 7) is 9.31. The van der Waals surface area contributed by atoms with Crippen molar-refractivity contribution in [3.63, 3.8) is 0 Å². The van der Waals surface area contributed by atoms with E-state index in [2.05, 4.69) is 0 Å². The summed E-state index contributed by atoms with van der Waals surface area (Å²) in [6, 6.07) is -0.380. The summed E-state index contributed by atoms with van der Waals surface area (Å²) in [6.07, 6.45) is -4.17. The molecule has 0 aliphatic rings. The van der Waals surface area contributed by atoms with Gasteiger partial charge in [0.1, 0.15) is 17.8 Å². The lowest BCUT2D eigenvalue weighted by molar-refractivity contribution is -0.176. The highest BCUT2D eigenvalue weighted by Gasteiger charge is 2.40. The fraction of sp³-hybridized carbons (Fsp3) is 0.875. The van der Waals surface area contributed by atoms with E-state index in [-0.39, 0.29) is 25.2 Å². The fourth-order valence-corrected chi connectivity index (χ4v) is 2.25. The minimum absolute atomic E-state index is 0.0651. The van der Waals surface area contributed by atoms with Crippen LogP contribution in [0.2, 0.25) is 0 Å². The second kappa shape index (κ2) is 9.13. The number of hydrogen-bond acceptors (Lipinski definition) is 3. The molecule has 0 aromatic rings. The molecule has 0 rings (SSSR count). The van der Waals surface area contributed by atoms with Gasteiger partial charge in [-0.3, -0.25) is 0 Å². The molecule has 0 fully saturated rings. The lowest BCUT2D eigenvalue weighted by Crippen LogP contribution is -2.44. The van der Waals surface area contributed by atoms with Gasteiger partial charge in [-0.15, -0.1) is 0 Å². The van der Waals surface area contributed by atoms with Gasteiger partial charge < -0.3 is 14.4 Å². The first-order valence-corrected chi connectivity index (χ1v) is 7.97. The lowest BCUT2D eigenvalue weighted by Gasteiger charge is -2.33. The Balaban J connectivity index is 4.97. The highest BCUT2D eigenvalue weighted by atomic mass is 19.4. The van der Waals surface area contributed by atoms with Gasteiger partial charge in [0.15, 0.2) is 0 Å². The molecule has 0 heterocycles. The quantitative estimate of drug-likeness (QED) is 0.609. The van der Waals surface area contributed by atoms with Crippen molar-refractivity contribution in [1.29, 1.82) is 0 Å². The highest BCUT2D eigenvalue weighted by molar-refractivity contribution is 5.68. The van der Waals surface area contributed by atoms with Gasteiger partial charge in [-0.25, -0.2) is 4.79 Å². The topological polar surface area (TPSA) is 46.6 Å². The van der Waals surface area contributed by atoms with Crippen molar-refractivity contribution in [1.82, 2.24) is 4.90 Å². The molecular weight excluding hydrogens is 311 g/mol. The Morgan fingerprint density at radius 3 is 2.09 bits per heavy atom. The molecule has 23 heavy (non-hydrogen) atoms. The van der Waals surface area contributed by atoms with Gasteiger partial charge in [0.2, 0.25) is 0 Å². The summed E-state index contributed by atoms with van der Waals surface area (Å²) in [4.78, 5) is 24.4. The molecule has 0 radical (unpaired) electrons. The molecule has 4 nitrogen and oxygen atoms in total. The Hall–Kier alpha value is -1.27.